The summed E-state index contributed by atoms with van der Waals surface area (Å²) in [6.45, 7) is 3.19. The monoisotopic (exact) mass is 420 g/mol. The Bertz CT molecular complexity index is 892. The van der Waals surface area contributed by atoms with E-state index in [-0.39, 0.29) is 36.1 Å². The van der Waals surface area contributed by atoms with Crippen molar-refractivity contribution in [3.63, 3.8) is 0 Å². The van der Waals surface area contributed by atoms with Crippen LogP contribution < -0.4 is 16.7 Å². The van der Waals surface area contributed by atoms with Crippen molar-refractivity contribution in [2.75, 3.05) is 0 Å². The fraction of sp³-hybridized carbons (Fsp3) is 0.636. The van der Waals surface area contributed by atoms with Gasteiger partial charge in [-0.3, -0.25) is 13.9 Å². The summed E-state index contributed by atoms with van der Waals surface area (Å²) in [4.78, 5) is 25.6. The van der Waals surface area contributed by atoms with Gasteiger partial charge >= 0.3 is 5.69 Å². The number of halogens is 1. The molecule has 2 unspecified atom stereocenters. The van der Waals surface area contributed by atoms with Gasteiger partial charge in [-0.1, -0.05) is 25.5 Å². The average Bonchev–Trinajstić information content (AvgIpc) is 2.93. The minimum absolute atomic E-state index is 0. The zero-order valence-electron chi connectivity index (χ0n) is 17.2. The van der Waals surface area contributed by atoms with Crippen LogP contribution in [0.4, 0.5) is 0 Å². The molecule has 1 aromatic carbocycles. The Hall–Kier alpha value is -1.79. The summed E-state index contributed by atoms with van der Waals surface area (Å²) in [6.07, 6.45) is 6.86. The zero-order chi connectivity index (χ0) is 19.7. The molecular weight excluding hydrogens is 388 g/mol. The molecule has 2 atom stereocenters. The van der Waals surface area contributed by atoms with Crippen molar-refractivity contribution >= 4 is 29.3 Å². The molecule has 4 rings (SSSR count). The van der Waals surface area contributed by atoms with Gasteiger partial charge < -0.3 is 11.1 Å². The van der Waals surface area contributed by atoms with E-state index in [1.807, 2.05) is 28.8 Å². The van der Waals surface area contributed by atoms with Crippen molar-refractivity contribution in [1.29, 1.82) is 0 Å². The Morgan fingerprint density at radius 1 is 1.10 bits per heavy atom. The van der Waals surface area contributed by atoms with Gasteiger partial charge in [0.2, 0.25) is 5.91 Å². The first-order chi connectivity index (χ1) is 13.6. The molecule has 160 valence electrons. The zero-order valence-corrected chi connectivity index (χ0v) is 18.0. The average molecular weight is 421 g/mol. The van der Waals surface area contributed by atoms with Gasteiger partial charge in [0, 0.05) is 31.6 Å². The Morgan fingerprint density at radius 2 is 1.69 bits per heavy atom. The number of carbonyl (C=O) groups is 1. The molecule has 6 nitrogen and oxygen atoms in total. The minimum Gasteiger partial charge on any atom is -0.353 e. The van der Waals surface area contributed by atoms with E-state index < -0.39 is 0 Å². The second kappa shape index (κ2) is 9.35. The highest BCUT2D eigenvalue weighted by atomic mass is 35.5. The van der Waals surface area contributed by atoms with E-state index in [4.69, 9.17) is 5.73 Å². The molecule has 1 amide bonds. The number of para-hydroxylation sites is 2. The van der Waals surface area contributed by atoms with Crippen LogP contribution >= 0.6 is 12.4 Å². The van der Waals surface area contributed by atoms with Crippen LogP contribution in [0, 0.1) is 11.8 Å². The normalized spacial score (nSPS) is 26.1. The number of hydrogen-bond donors (Lipinski definition) is 2. The number of nitrogens with two attached hydrogens (primary N) is 1. The first-order valence-electron chi connectivity index (χ1n) is 10.8. The third-order valence-corrected chi connectivity index (χ3v) is 6.64. The first-order valence-corrected chi connectivity index (χ1v) is 10.8. The predicted molar refractivity (Wildman–Crippen MR) is 118 cm³/mol. The van der Waals surface area contributed by atoms with Gasteiger partial charge in [-0.15, -0.1) is 12.4 Å². The molecule has 2 fully saturated rings. The molecule has 0 radical (unpaired) electrons. The Balaban J connectivity index is 0.00000240. The molecule has 1 heterocycles. The van der Waals surface area contributed by atoms with Crippen LogP contribution in [-0.4, -0.2) is 27.1 Å². The van der Waals surface area contributed by atoms with E-state index in [9.17, 15) is 9.59 Å². The Kier molecular flexibility index (Phi) is 7.06. The topological polar surface area (TPSA) is 82.0 Å². The fourth-order valence-electron chi connectivity index (χ4n) is 5.42. The number of hydrogen-bond acceptors (Lipinski definition) is 3. The van der Waals surface area contributed by atoms with Gasteiger partial charge in [0.05, 0.1) is 11.0 Å². The number of nitrogens with zero attached hydrogens (tertiary/aromatic N) is 2. The molecule has 2 aromatic rings. The number of imidazole rings is 1. The lowest BCUT2D eigenvalue weighted by Crippen LogP contribution is -2.53. The van der Waals surface area contributed by atoms with Crippen LogP contribution in [0.3, 0.4) is 0 Å². The second-order valence-electron chi connectivity index (χ2n) is 8.60. The van der Waals surface area contributed by atoms with Crippen LogP contribution in [0.1, 0.15) is 51.9 Å². The molecule has 0 aliphatic heterocycles. The lowest BCUT2D eigenvalue weighted by Gasteiger charge is -2.45. The summed E-state index contributed by atoms with van der Waals surface area (Å²) in [7, 11) is 0. The third kappa shape index (κ3) is 4.38. The van der Waals surface area contributed by atoms with Crippen LogP contribution in [0.5, 0.6) is 0 Å². The summed E-state index contributed by atoms with van der Waals surface area (Å²) in [5.41, 5.74) is 8.04. The first kappa shape index (κ1) is 21.9. The van der Waals surface area contributed by atoms with Crippen LogP contribution in [0.25, 0.3) is 11.0 Å². The van der Waals surface area contributed by atoms with Gasteiger partial charge in [-0.25, -0.2) is 4.79 Å². The summed E-state index contributed by atoms with van der Waals surface area (Å²) >= 11 is 0. The largest absolute Gasteiger partial charge is 0.353 e. The van der Waals surface area contributed by atoms with E-state index >= 15 is 0 Å². The van der Waals surface area contributed by atoms with Crippen molar-refractivity contribution in [3.05, 3.63) is 34.7 Å². The number of aromatic nitrogens is 2. The molecule has 0 spiro atoms. The molecule has 1 aromatic heterocycles. The molecule has 2 aliphatic carbocycles. The molecule has 2 aliphatic rings. The second-order valence-corrected chi connectivity index (χ2v) is 8.60. The van der Waals surface area contributed by atoms with Gasteiger partial charge in [-0.2, -0.15) is 0 Å². The summed E-state index contributed by atoms with van der Waals surface area (Å²) in [6, 6.07) is 8.40. The lowest BCUT2D eigenvalue weighted by molar-refractivity contribution is -0.123. The van der Waals surface area contributed by atoms with Gasteiger partial charge in [-0.05, 0) is 56.1 Å². The lowest BCUT2D eigenvalue weighted by atomic mass is 9.67. The van der Waals surface area contributed by atoms with Crippen LogP contribution in [-0.2, 0) is 17.9 Å². The van der Waals surface area contributed by atoms with E-state index in [1.165, 1.54) is 19.3 Å². The number of fused-ring (bicyclic) bond motifs is 3. The highest BCUT2D eigenvalue weighted by Gasteiger charge is 2.39. The number of nitrogens with one attached hydrogen (secondary N) is 1. The molecular formula is C22H33ClN4O2. The molecule has 29 heavy (non-hydrogen) atoms. The maximum atomic E-state index is 12.9. The summed E-state index contributed by atoms with van der Waals surface area (Å²) in [5.74, 6) is 1.08. The molecule has 3 N–H and O–H groups in total. The number of rotatable bonds is 6. The van der Waals surface area contributed by atoms with Gasteiger partial charge in [0.15, 0.2) is 0 Å². The summed E-state index contributed by atoms with van der Waals surface area (Å²) in [5, 5.41) is 3.29. The van der Waals surface area contributed by atoms with Crippen LogP contribution in [0.2, 0.25) is 0 Å². The van der Waals surface area contributed by atoms with E-state index in [0.717, 1.165) is 30.3 Å². The highest BCUT2D eigenvalue weighted by Crippen LogP contribution is 2.39. The molecule has 0 saturated heterocycles. The third-order valence-electron chi connectivity index (χ3n) is 6.64. The van der Waals surface area contributed by atoms with Crippen molar-refractivity contribution in [2.45, 2.75) is 77.0 Å². The van der Waals surface area contributed by atoms with E-state index in [0.29, 0.717) is 31.3 Å². The van der Waals surface area contributed by atoms with Crippen molar-refractivity contribution in [1.82, 2.24) is 14.5 Å². The van der Waals surface area contributed by atoms with Gasteiger partial charge in [0.1, 0.15) is 0 Å². The smallest absolute Gasteiger partial charge is 0.329 e. The number of amides is 1. The van der Waals surface area contributed by atoms with E-state index in [2.05, 4.69) is 12.2 Å². The van der Waals surface area contributed by atoms with Crippen molar-refractivity contribution in [2.24, 2.45) is 17.6 Å². The fourth-order valence-corrected chi connectivity index (χ4v) is 5.42. The number of carbonyl (C=O) groups excluding carboxylic acids is 1. The Morgan fingerprint density at radius 3 is 2.28 bits per heavy atom. The summed E-state index contributed by atoms with van der Waals surface area (Å²) < 4.78 is 3.57. The minimum atomic E-state index is -0.0173. The number of aryl methyl sites for hydroxylation is 2. The maximum absolute atomic E-state index is 12.9. The van der Waals surface area contributed by atoms with Crippen LogP contribution in [0.15, 0.2) is 29.1 Å². The maximum Gasteiger partial charge on any atom is 0.329 e. The highest BCUT2D eigenvalue weighted by molar-refractivity contribution is 5.85. The Labute approximate surface area is 178 Å². The van der Waals surface area contributed by atoms with Crippen molar-refractivity contribution in [3.8, 4) is 0 Å². The molecule has 2 bridgehead atoms. The van der Waals surface area contributed by atoms with E-state index in [1.54, 1.807) is 4.57 Å². The standard InChI is InChI=1S/C22H32N4O2.ClH/c1-2-11-25-18-8-3-4-9-19(18)26(22(25)28)12-10-20(27)24-21-15-6-5-7-16(21)14-17(23)13-15;/h3-4,8-9,15-17,21H,2,5-7,10-14,23H2,1H3,(H,24,27);1H. The van der Waals surface area contributed by atoms with Crippen molar-refractivity contribution < 1.29 is 4.79 Å². The SMILES string of the molecule is CCCn1c(=O)n(CCC(=O)NC2C3CCCC2CC(N)C3)c2ccccc21.Cl. The predicted octanol–water partition coefficient (Wildman–Crippen LogP) is 3.05. The quantitative estimate of drug-likeness (QED) is 0.753. The molecule has 7 heteroatoms. The van der Waals surface area contributed by atoms with Gasteiger partial charge in [0.25, 0.3) is 0 Å². The molecule has 2 saturated carbocycles. The number of benzene rings is 1.